The Balaban J connectivity index is 1.49. The summed E-state index contributed by atoms with van der Waals surface area (Å²) in [5, 5.41) is 14.6. The van der Waals surface area contributed by atoms with Gasteiger partial charge in [-0.05, 0) is 82.7 Å². The minimum atomic E-state index is -1.80. The van der Waals surface area contributed by atoms with Gasteiger partial charge in [-0.1, -0.05) is 57.0 Å². The second kappa shape index (κ2) is 16.3. The van der Waals surface area contributed by atoms with Crippen LogP contribution in [0.4, 0.5) is 10.5 Å². The zero-order chi connectivity index (χ0) is 37.1. The van der Waals surface area contributed by atoms with E-state index in [1.165, 1.54) is 19.1 Å². The third-order valence-electron chi connectivity index (χ3n) is 10.7. The number of methoxy groups -OCH3 is 2. The van der Waals surface area contributed by atoms with E-state index in [-0.39, 0.29) is 42.1 Å². The Morgan fingerprint density at radius 3 is 2.51 bits per heavy atom. The van der Waals surface area contributed by atoms with Crippen LogP contribution in [-0.4, -0.2) is 91.6 Å². The lowest BCUT2D eigenvalue weighted by Gasteiger charge is -2.59. The molecule has 14 heteroatoms. The Kier molecular flexibility index (Phi) is 12.7. The number of alkyl carbamates (subject to hydrolysis) is 1. The Hall–Kier alpha value is -2.42. The number of allylic oxidation sites excluding steroid dienone is 3. The van der Waals surface area contributed by atoms with Crippen LogP contribution in [0.5, 0.6) is 5.75 Å². The predicted octanol–water partition coefficient (Wildman–Crippen LogP) is 6.63. The van der Waals surface area contributed by atoms with Crippen LogP contribution in [0.2, 0.25) is 5.02 Å². The minimum Gasteiger partial charge on any atom is -0.495 e. The third-order valence-corrected chi connectivity index (χ3v) is 13.1. The maximum Gasteiger partial charge on any atom is 0.409 e. The summed E-state index contributed by atoms with van der Waals surface area (Å²) in [4.78, 5) is 42.2. The summed E-state index contributed by atoms with van der Waals surface area (Å²) in [5.74, 6) is 1.09. The molecule has 0 spiro atoms. The van der Waals surface area contributed by atoms with Gasteiger partial charge >= 0.3 is 12.1 Å². The van der Waals surface area contributed by atoms with Gasteiger partial charge in [0, 0.05) is 32.8 Å². The molecule has 51 heavy (non-hydrogen) atoms. The SMILES string of the molecule is COc1cc2cc(c1Cl)N(C)C(=O)C[C@H](OC(=O)C1CCC(CSSC)CC1)[C@@]1(C)CC(C)(O1)[C@@H]1C[C@@](O)(NC(=O)O1)[C@H](OC)/C=C/C=C(\C)C2. The van der Waals surface area contributed by atoms with Crippen molar-refractivity contribution in [2.75, 3.05) is 38.2 Å². The first-order chi connectivity index (χ1) is 24.1. The molecule has 0 aromatic heterocycles. The van der Waals surface area contributed by atoms with Gasteiger partial charge in [-0.25, -0.2) is 4.79 Å². The maximum atomic E-state index is 14.1. The molecule has 1 aromatic carbocycles. The van der Waals surface area contributed by atoms with Crippen molar-refractivity contribution in [1.82, 2.24) is 5.32 Å². The molecule has 6 atom stereocenters. The number of benzene rings is 1. The summed E-state index contributed by atoms with van der Waals surface area (Å²) in [6, 6.07) is 3.68. The number of amides is 2. The van der Waals surface area contributed by atoms with Crippen molar-refractivity contribution in [2.24, 2.45) is 11.8 Å². The fourth-order valence-corrected chi connectivity index (χ4v) is 9.82. The molecular weight excluding hydrogens is 716 g/mol. The zero-order valence-electron chi connectivity index (χ0n) is 30.5. The highest BCUT2D eigenvalue weighted by Gasteiger charge is 2.63. The molecule has 1 aliphatic carbocycles. The van der Waals surface area contributed by atoms with E-state index in [0.717, 1.165) is 42.6 Å². The van der Waals surface area contributed by atoms with Crippen LogP contribution in [0.25, 0.3) is 0 Å². The van der Waals surface area contributed by atoms with Crippen molar-refractivity contribution in [3.63, 3.8) is 0 Å². The number of rotatable bonds is 7. The monoisotopic (exact) mass is 766 g/mol. The van der Waals surface area contributed by atoms with Gasteiger partial charge in [0.15, 0.2) is 5.72 Å². The first-order valence-electron chi connectivity index (χ1n) is 17.4. The summed E-state index contributed by atoms with van der Waals surface area (Å²) in [6.45, 7) is 5.55. The number of aliphatic hydroxyl groups is 1. The van der Waals surface area contributed by atoms with Crippen LogP contribution in [0, 0.1) is 11.8 Å². The Morgan fingerprint density at radius 1 is 1.16 bits per heavy atom. The van der Waals surface area contributed by atoms with Crippen molar-refractivity contribution in [3.8, 4) is 5.75 Å². The second-order valence-electron chi connectivity index (χ2n) is 14.7. The van der Waals surface area contributed by atoms with Gasteiger partial charge in [0.2, 0.25) is 5.91 Å². The van der Waals surface area contributed by atoms with E-state index in [9.17, 15) is 19.5 Å². The number of hydrogen-bond donors (Lipinski definition) is 2. The van der Waals surface area contributed by atoms with E-state index in [4.69, 9.17) is 35.3 Å². The van der Waals surface area contributed by atoms with Gasteiger partial charge in [0.05, 0.1) is 25.1 Å². The fourth-order valence-electron chi connectivity index (χ4n) is 7.86. The number of hydrogen-bond acceptors (Lipinski definition) is 11. The van der Waals surface area contributed by atoms with E-state index < -0.39 is 41.3 Å². The Bertz CT molecular complexity index is 1530. The number of carbonyl (C=O) groups excluding carboxylic acids is 3. The highest BCUT2D eigenvalue weighted by Crippen LogP contribution is 2.51. The molecule has 11 nitrogen and oxygen atoms in total. The van der Waals surface area contributed by atoms with Gasteiger partial charge < -0.3 is 33.7 Å². The first-order valence-corrected chi connectivity index (χ1v) is 20.5. The highest BCUT2D eigenvalue weighted by molar-refractivity contribution is 8.76. The normalized spacial score (nSPS) is 36.1. The topological polar surface area (TPSA) is 133 Å². The fraction of sp³-hybridized carbons (Fsp3) is 0.649. The average Bonchev–Trinajstić information content (AvgIpc) is 3.07. The quantitative estimate of drug-likeness (QED) is 0.229. The van der Waals surface area contributed by atoms with E-state index in [2.05, 4.69) is 11.6 Å². The Morgan fingerprint density at radius 2 is 1.86 bits per heavy atom. The largest absolute Gasteiger partial charge is 0.495 e. The van der Waals surface area contributed by atoms with Crippen LogP contribution in [0.15, 0.2) is 35.9 Å². The molecule has 1 aromatic rings. The number of nitrogens with zero attached hydrogens (tertiary/aromatic N) is 1. The third kappa shape index (κ3) is 8.87. The number of carbonyl (C=O) groups is 3. The van der Waals surface area contributed by atoms with Crippen LogP contribution >= 0.6 is 33.2 Å². The van der Waals surface area contributed by atoms with Crippen LogP contribution in [0.3, 0.4) is 0 Å². The van der Waals surface area contributed by atoms with E-state index in [1.54, 1.807) is 43.8 Å². The zero-order valence-corrected chi connectivity index (χ0v) is 32.9. The van der Waals surface area contributed by atoms with Gasteiger partial charge in [0.25, 0.3) is 0 Å². The number of ether oxygens (including phenoxy) is 5. The van der Waals surface area contributed by atoms with Crippen molar-refractivity contribution >= 4 is 56.8 Å². The molecule has 282 valence electrons. The van der Waals surface area contributed by atoms with Crippen molar-refractivity contribution < 1.29 is 43.2 Å². The van der Waals surface area contributed by atoms with E-state index in [1.807, 2.05) is 35.9 Å². The lowest BCUT2D eigenvalue weighted by molar-refractivity contribution is -0.328. The molecule has 6 rings (SSSR count). The molecule has 2 N–H and O–H groups in total. The van der Waals surface area contributed by atoms with Crippen molar-refractivity contribution in [2.45, 2.75) is 107 Å². The van der Waals surface area contributed by atoms with Crippen LogP contribution < -0.4 is 15.0 Å². The van der Waals surface area contributed by atoms with E-state index in [0.29, 0.717) is 23.8 Å². The molecule has 1 unspecified atom stereocenters. The number of halogens is 1. The Labute approximate surface area is 313 Å². The lowest BCUT2D eigenvalue weighted by atomic mass is 9.72. The lowest BCUT2D eigenvalue weighted by Crippen LogP contribution is -2.72. The molecule has 0 radical (unpaired) electrons. The molecule has 1 saturated carbocycles. The van der Waals surface area contributed by atoms with Gasteiger partial charge in [-0.3, -0.25) is 14.9 Å². The molecule has 4 aliphatic heterocycles. The van der Waals surface area contributed by atoms with Crippen molar-refractivity contribution in [3.05, 3.63) is 46.5 Å². The van der Waals surface area contributed by atoms with Crippen molar-refractivity contribution in [1.29, 1.82) is 0 Å². The standard InChI is InChI=1S/C37H51ClN2O9S2/c1-22-9-8-10-28(46-6)37(44)19-30(48-34(43)39-37)36(3)21-35(2,49-36)29(47-33(42)25-13-11-23(12-14-25)20-51-50-7)18-31(41)40(4)26-16-24(15-22)17-27(45-5)32(26)38/h8-10,16-17,23,25,28-30,44H,11-15,18-21H2,1-7H3,(H,39,43)/b10-8+,22-9+/t23?,25?,28-,29+,30+,35-,36?,37+/m1/s1. The number of nitrogens with one attached hydrogen (secondary N) is 1. The maximum absolute atomic E-state index is 14.1. The van der Waals surface area contributed by atoms with Crippen LogP contribution in [-0.2, 0) is 35.0 Å². The molecule has 3 fully saturated rings. The number of fused-ring (bicyclic) bond motifs is 6. The van der Waals surface area contributed by atoms with Gasteiger partial charge in [-0.15, -0.1) is 0 Å². The molecule has 6 bridgehead atoms. The predicted molar refractivity (Wildman–Crippen MR) is 200 cm³/mol. The molecular formula is C37H51ClN2O9S2. The van der Waals surface area contributed by atoms with Crippen LogP contribution in [0.1, 0.15) is 71.3 Å². The summed E-state index contributed by atoms with van der Waals surface area (Å²) < 4.78 is 29.8. The average molecular weight is 767 g/mol. The number of anilines is 1. The second-order valence-corrected chi connectivity index (χ2v) is 17.7. The first kappa shape index (κ1) is 39.8. The highest BCUT2D eigenvalue weighted by atomic mass is 35.5. The van der Waals surface area contributed by atoms with E-state index >= 15 is 0 Å². The molecule has 2 amide bonds. The summed E-state index contributed by atoms with van der Waals surface area (Å²) in [6.07, 6.45) is 7.76. The smallest absolute Gasteiger partial charge is 0.409 e. The molecule has 4 heterocycles. The molecule has 2 saturated heterocycles. The van der Waals surface area contributed by atoms with Gasteiger partial charge in [0.1, 0.15) is 40.3 Å². The summed E-state index contributed by atoms with van der Waals surface area (Å²) in [7, 11) is 8.22. The van der Waals surface area contributed by atoms with Gasteiger partial charge in [-0.2, -0.15) is 0 Å². The number of esters is 1. The summed E-state index contributed by atoms with van der Waals surface area (Å²) in [5.41, 5.74) is -1.68. The minimum absolute atomic E-state index is 0.0365. The molecule has 5 aliphatic rings. The summed E-state index contributed by atoms with van der Waals surface area (Å²) >= 11 is 6.78.